The molecule has 0 saturated heterocycles. The minimum Gasteiger partial charge on any atom is -0.480 e. The fourth-order valence-corrected chi connectivity index (χ4v) is 3.77. The summed E-state index contributed by atoms with van der Waals surface area (Å²) in [4.78, 5) is 24.2. The zero-order chi connectivity index (χ0) is 18.8. The van der Waals surface area contributed by atoms with Crippen LogP contribution >= 0.6 is 23.2 Å². The molecule has 2 aromatic rings. The van der Waals surface area contributed by atoms with Gasteiger partial charge >= 0.3 is 5.97 Å². The van der Waals surface area contributed by atoms with Gasteiger partial charge in [-0.25, -0.2) is 4.79 Å². The molecule has 7 heteroatoms. The van der Waals surface area contributed by atoms with Crippen molar-refractivity contribution in [1.82, 2.24) is 5.32 Å². The molecular weight excluding hydrogens is 375 g/mol. The Balaban J connectivity index is 1.89. The lowest BCUT2D eigenvalue weighted by molar-refractivity contribution is -0.138. The highest BCUT2D eigenvalue weighted by Gasteiger charge is 2.34. The minimum absolute atomic E-state index is 0.191. The zero-order valence-corrected chi connectivity index (χ0v) is 15.5. The van der Waals surface area contributed by atoms with E-state index in [-0.39, 0.29) is 18.2 Å². The quantitative estimate of drug-likeness (QED) is 0.727. The number of halogens is 2. The van der Waals surface area contributed by atoms with Crippen molar-refractivity contribution in [3.63, 3.8) is 0 Å². The van der Waals surface area contributed by atoms with Crippen LogP contribution in [0.4, 0.5) is 5.69 Å². The van der Waals surface area contributed by atoms with E-state index in [1.165, 1.54) is 0 Å². The standard InChI is InChI=1S/C19H18Cl2N2O3/c1-10(11-5-3-2-4-6-11)18(24)23-15-9-16(19(25)26)22-14-8-12(20)7-13(21)17(14)15/h2-8,10,15-16,22H,9H2,1H3,(H,23,24)(H,25,26). The predicted octanol–water partition coefficient (Wildman–Crippen LogP) is 4.22. The third-order valence-electron chi connectivity index (χ3n) is 4.55. The van der Waals surface area contributed by atoms with Crippen molar-refractivity contribution >= 4 is 40.8 Å². The summed E-state index contributed by atoms with van der Waals surface area (Å²) in [7, 11) is 0. The van der Waals surface area contributed by atoms with E-state index in [1.807, 2.05) is 37.3 Å². The highest BCUT2D eigenvalue weighted by molar-refractivity contribution is 6.35. The summed E-state index contributed by atoms with van der Waals surface area (Å²) in [5.41, 5.74) is 2.07. The number of carboxylic acid groups (broad SMARTS) is 1. The van der Waals surface area contributed by atoms with E-state index in [0.29, 0.717) is 21.3 Å². The van der Waals surface area contributed by atoms with Crippen molar-refractivity contribution in [3.05, 3.63) is 63.6 Å². The number of hydrogen-bond acceptors (Lipinski definition) is 3. The van der Waals surface area contributed by atoms with Crippen molar-refractivity contribution in [2.75, 3.05) is 5.32 Å². The van der Waals surface area contributed by atoms with Crippen LogP contribution in [0.25, 0.3) is 0 Å². The van der Waals surface area contributed by atoms with Gasteiger partial charge in [0, 0.05) is 27.7 Å². The molecular formula is C19H18Cl2N2O3. The Morgan fingerprint density at radius 1 is 1.23 bits per heavy atom. The van der Waals surface area contributed by atoms with Crippen LogP contribution in [-0.4, -0.2) is 23.0 Å². The Bertz CT molecular complexity index is 842. The van der Waals surface area contributed by atoms with Gasteiger partial charge < -0.3 is 15.7 Å². The van der Waals surface area contributed by atoms with Crippen molar-refractivity contribution < 1.29 is 14.7 Å². The van der Waals surface area contributed by atoms with E-state index < -0.39 is 18.1 Å². The molecule has 0 aromatic heterocycles. The number of nitrogens with one attached hydrogen (secondary N) is 2. The molecule has 0 saturated carbocycles. The van der Waals surface area contributed by atoms with E-state index >= 15 is 0 Å². The fraction of sp³-hybridized carbons (Fsp3) is 0.263. The summed E-state index contributed by atoms with van der Waals surface area (Å²) in [5.74, 6) is -1.56. The second kappa shape index (κ2) is 7.56. The molecule has 1 heterocycles. The number of benzene rings is 2. The van der Waals surface area contributed by atoms with Gasteiger partial charge in [-0.1, -0.05) is 53.5 Å². The van der Waals surface area contributed by atoms with Gasteiger partial charge in [0.1, 0.15) is 6.04 Å². The molecule has 5 nitrogen and oxygen atoms in total. The van der Waals surface area contributed by atoms with E-state index in [4.69, 9.17) is 23.2 Å². The Labute approximate surface area is 161 Å². The van der Waals surface area contributed by atoms with Crippen LogP contribution in [0.15, 0.2) is 42.5 Å². The van der Waals surface area contributed by atoms with Gasteiger partial charge in [-0.15, -0.1) is 0 Å². The lowest BCUT2D eigenvalue weighted by Gasteiger charge is -2.33. The van der Waals surface area contributed by atoms with Crippen LogP contribution in [0.1, 0.15) is 36.4 Å². The first kappa shape index (κ1) is 18.5. The average Bonchev–Trinajstić information content (AvgIpc) is 2.60. The van der Waals surface area contributed by atoms with Crippen LogP contribution < -0.4 is 10.6 Å². The molecule has 0 fully saturated rings. The van der Waals surface area contributed by atoms with Crippen molar-refractivity contribution in [2.45, 2.75) is 31.3 Å². The monoisotopic (exact) mass is 392 g/mol. The SMILES string of the molecule is CC(C(=O)NC1CC(C(=O)O)Nc2cc(Cl)cc(Cl)c21)c1ccccc1. The largest absolute Gasteiger partial charge is 0.480 e. The lowest BCUT2D eigenvalue weighted by Crippen LogP contribution is -2.42. The third-order valence-corrected chi connectivity index (χ3v) is 5.08. The zero-order valence-electron chi connectivity index (χ0n) is 14.0. The molecule has 3 atom stereocenters. The topological polar surface area (TPSA) is 78.4 Å². The molecule has 1 amide bonds. The second-order valence-corrected chi connectivity index (χ2v) is 7.16. The van der Waals surface area contributed by atoms with Crippen LogP contribution in [0.2, 0.25) is 10.0 Å². The number of carbonyl (C=O) groups excluding carboxylic acids is 1. The van der Waals surface area contributed by atoms with Gasteiger partial charge in [0.2, 0.25) is 5.91 Å². The van der Waals surface area contributed by atoms with E-state index in [9.17, 15) is 14.7 Å². The number of amides is 1. The van der Waals surface area contributed by atoms with Crippen molar-refractivity contribution in [1.29, 1.82) is 0 Å². The maximum absolute atomic E-state index is 12.7. The molecule has 0 aliphatic carbocycles. The fourth-order valence-electron chi connectivity index (χ4n) is 3.14. The molecule has 0 spiro atoms. The van der Waals surface area contributed by atoms with E-state index in [2.05, 4.69) is 10.6 Å². The average molecular weight is 393 g/mol. The van der Waals surface area contributed by atoms with Gasteiger partial charge in [0.25, 0.3) is 0 Å². The van der Waals surface area contributed by atoms with E-state index in [0.717, 1.165) is 5.56 Å². The van der Waals surface area contributed by atoms with Gasteiger partial charge in [-0.3, -0.25) is 4.79 Å². The van der Waals surface area contributed by atoms with Crippen LogP contribution in [0.5, 0.6) is 0 Å². The Hall–Kier alpha value is -2.24. The summed E-state index contributed by atoms with van der Waals surface area (Å²) in [5, 5.41) is 16.1. The Morgan fingerprint density at radius 3 is 2.58 bits per heavy atom. The number of carboxylic acids is 1. The maximum atomic E-state index is 12.7. The van der Waals surface area contributed by atoms with Gasteiger partial charge in [-0.05, 0) is 24.6 Å². The van der Waals surface area contributed by atoms with Crippen molar-refractivity contribution in [2.24, 2.45) is 0 Å². The number of hydrogen-bond donors (Lipinski definition) is 3. The summed E-state index contributed by atoms with van der Waals surface area (Å²) < 4.78 is 0. The van der Waals surface area contributed by atoms with Gasteiger partial charge in [-0.2, -0.15) is 0 Å². The summed E-state index contributed by atoms with van der Waals surface area (Å²) in [6.45, 7) is 1.81. The lowest BCUT2D eigenvalue weighted by atomic mass is 9.91. The van der Waals surface area contributed by atoms with Gasteiger partial charge in [0.05, 0.1) is 12.0 Å². The molecule has 3 unspecified atom stereocenters. The molecule has 0 bridgehead atoms. The van der Waals surface area contributed by atoms with Crippen LogP contribution in [0, 0.1) is 0 Å². The van der Waals surface area contributed by atoms with Crippen LogP contribution in [0.3, 0.4) is 0 Å². The first-order valence-corrected chi connectivity index (χ1v) is 8.96. The second-order valence-electron chi connectivity index (χ2n) is 6.31. The molecule has 2 aromatic carbocycles. The number of carbonyl (C=O) groups is 2. The predicted molar refractivity (Wildman–Crippen MR) is 102 cm³/mol. The highest BCUT2D eigenvalue weighted by Crippen LogP contribution is 2.40. The number of anilines is 1. The molecule has 26 heavy (non-hydrogen) atoms. The number of fused-ring (bicyclic) bond motifs is 1. The van der Waals surface area contributed by atoms with E-state index in [1.54, 1.807) is 12.1 Å². The van der Waals surface area contributed by atoms with Gasteiger partial charge in [0.15, 0.2) is 0 Å². The molecule has 1 aliphatic heterocycles. The maximum Gasteiger partial charge on any atom is 0.326 e. The minimum atomic E-state index is -0.998. The number of rotatable bonds is 4. The molecule has 3 N–H and O–H groups in total. The first-order valence-electron chi connectivity index (χ1n) is 8.20. The summed E-state index contributed by atoms with van der Waals surface area (Å²) in [6.07, 6.45) is 0.191. The molecule has 0 radical (unpaired) electrons. The third kappa shape index (κ3) is 3.79. The van der Waals surface area contributed by atoms with Crippen molar-refractivity contribution in [3.8, 4) is 0 Å². The smallest absolute Gasteiger partial charge is 0.326 e. The number of aliphatic carboxylic acids is 1. The summed E-state index contributed by atoms with van der Waals surface area (Å²) in [6, 6.07) is 11.3. The van der Waals surface area contributed by atoms with Crippen LogP contribution in [-0.2, 0) is 9.59 Å². The normalized spacial score (nSPS) is 19.8. The molecule has 136 valence electrons. The first-order chi connectivity index (χ1) is 12.4. The Kier molecular flexibility index (Phi) is 5.39. The molecule has 3 rings (SSSR count). The summed E-state index contributed by atoms with van der Waals surface area (Å²) >= 11 is 12.4. The molecule has 1 aliphatic rings. The highest BCUT2D eigenvalue weighted by atomic mass is 35.5. The Morgan fingerprint density at radius 2 is 1.92 bits per heavy atom.